The Hall–Kier alpha value is -0.980. The third-order valence-corrected chi connectivity index (χ3v) is 6.63. The van der Waals surface area contributed by atoms with Gasteiger partial charge < -0.3 is 5.32 Å². The van der Waals surface area contributed by atoms with Crippen LogP contribution in [-0.2, 0) is 10.0 Å². The van der Waals surface area contributed by atoms with Crippen LogP contribution in [0.5, 0.6) is 0 Å². The van der Waals surface area contributed by atoms with Gasteiger partial charge in [-0.1, -0.05) is 6.92 Å². The lowest BCUT2D eigenvalue weighted by molar-refractivity contribution is 0.232. The maximum Gasteiger partial charge on any atom is 0.243 e. The predicted octanol–water partition coefficient (Wildman–Crippen LogP) is 2.12. The molecule has 2 heterocycles. The standard InChI is InChI=1S/C15H21FN2O2S/c1-2-18(14-9-12-5-6-13(10-14)17-12)21(19,20)15-7-3-11(16)4-8-15/h3-4,7-8,12-14,17H,2,5-6,9-10H2,1H3. The molecule has 2 fully saturated rings. The molecule has 1 aromatic rings. The number of piperidine rings is 1. The second-order valence-electron chi connectivity index (χ2n) is 5.93. The normalized spacial score (nSPS) is 29.0. The maximum absolute atomic E-state index is 13.0. The van der Waals surface area contributed by atoms with E-state index < -0.39 is 15.8 Å². The molecular formula is C15H21FN2O2S. The van der Waals surface area contributed by atoms with Crippen molar-refractivity contribution in [3.63, 3.8) is 0 Å². The zero-order valence-electron chi connectivity index (χ0n) is 12.1. The largest absolute Gasteiger partial charge is 0.311 e. The molecule has 6 heteroatoms. The first-order chi connectivity index (χ1) is 10.0. The summed E-state index contributed by atoms with van der Waals surface area (Å²) in [5.74, 6) is -0.420. The average molecular weight is 312 g/mol. The Bertz CT molecular complexity index is 591. The lowest BCUT2D eigenvalue weighted by Crippen LogP contribution is -2.50. The molecule has 2 bridgehead atoms. The van der Waals surface area contributed by atoms with Gasteiger partial charge in [-0.15, -0.1) is 0 Å². The van der Waals surface area contributed by atoms with Crippen LogP contribution in [0.1, 0.15) is 32.6 Å². The summed E-state index contributed by atoms with van der Waals surface area (Å²) in [4.78, 5) is 0.177. The Labute approximate surface area is 125 Å². The molecular weight excluding hydrogens is 291 g/mol. The Morgan fingerprint density at radius 2 is 1.76 bits per heavy atom. The molecule has 21 heavy (non-hydrogen) atoms. The van der Waals surface area contributed by atoms with Crippen molar-refractivity contribution in [3.8, 4) is 0 Å². The van der Waals surface area contributed by atoms with E-state index in [1.54, 1.807) is 4.31 Å². The van der Waals surface area contributed by atoms with Crippen molar-refractivity contribution < 1.29 is 12.8 Å². The molecule has 0 radical (unpaired) electrons. The van der Waals surface area contributed by atoms with Crippen LogP contribution in [0.4, 0.5) is 4.39 Å². The summed E-state index contributed by atoms with van der Waals surface area (Å²) in [5.41, 5.74) is 0. The SMILES string of the molecule is CCN(C1CC2CCC(C1)N2)S(=O)(=O)c1ccc(F)cc1. The van der Waals surface area contributed by atoms with Crippen LogP contribution in [0.2, 0.25) is 0 Å². The second-order valence-corrected chi connectivity index (χ2v) is 7.82. The lowest BCUT2D eigenvalue weighted by atomic mass is 10.00. The van der Waals surface area contributed by atoms with Crippen LogP contribution >= 0.6 is 0 Å². The van der Waals surface area contributed by atoms with Gasteiger partial charge >= 0.3 is 0 Å². The highest BCUT2D eigenvalue weighted by atomic mass is 32.2. The molecule has 0 aromatic heterocycles. The minimum absolute atomic E-state index is 0.0452. The quantitative estimate of drug-likeness (QED) is 0.926. The second kappa shape index (κ2) is 5.66. The minimum atomic E-state index is -3.55. The Kier molecular flexibility index (Phi) is 4.03. The highest BCUT2D eigenvalue weighted by Crippen LogP contribution is 2.32. The maximum atomic E-state index is 13.0. The van der Waals surface area contributed by atoms with E-state index in [1.165, 1.54) is 24.3 Å². The molecule has 1 aromatic carbocycles. The molecule has 0 amide bonds. The van der Waals surface area contributed by atoms with E-state index in [1.807, 2.05) is 6.92 Å². The molecule has 2 aliphatic heterocycles. The van der Waals surface area contributed by atoms with Crippen molar-refractivity contribution in [2.24, 2.45) is 0 Å². The van der Waals surface area contributed by atoms with Crippen LogP contribution in [0.25, 0.3) is 0 Å². The van der Waals surface area contributed by atoms with E-state index in [2.05, 4.69) is 5.32 Å². The highest BCUT2D eigenvalue weighted by Gasteiger charge is 2.39. The van der Waals surface area contributed by atoms with Crippen molar-refractivity contribution in [1.29, 1.82) is 0 Å². The summed E-state index contributed by atoms with van der Waals surface area (Å²) in [6, 6.07) is 6.02. The van der Waals surface area contributed by atoms with E-state index in [0.29, 0.717) is 18.6 Å². The molecule has 116 valence electrons. The summed E-state index contributed by atoms with van der Waals surface area (Å²) < 4.78 is 40.2. The minimum Gasteiger partial charge on any atom is -0.311 e. The van der Waals surface area contributed by atoms with Gasteiger partial charge in [-0.05, 0) is 49.9 Å². The Morgan fingerprint density at radius 3 is 2.29 bits per heavy atom. The van der Waals surface area contributed by atoms with Gasteiger partial charge in [0.2, 0.25) is 10.0 Å². The molecule has 2 aliphatic rings. The number of hydrogen-bond acceptors (Lipinski definition) is 3. The van der Waals surface area contributed by atoms with E-state index in [-0.39, 0.29) is 10.9 Å². The summed E-state index contributed by atoms with van der Waals surface area (Å²) >= 11 is 0. The molecule has 2 saturated heterocycles. The van der Waals surface area contributed by atoms with Crippen molar-refractivity contribution in [1.82, 2.24) is 9.62 Å². The van der Waals surface area contributed by atoms with Gasteiger partial charge in [0.25, 0.3) is 0 Å². The van der Waals surface area contributed by atoms with Crippen LogP contribution in [0.3, 0.4) is 0 Å². The summed E-state index contributed by atoms with van der Waals surface area (Å²) in [6.45, 7) is 2.31. The number of sulfonamides is 1. The zero-order valence-corrected chi connectivity index (χ0v) is 12.9. The Morgan fingerprint density at radius 1 is 1.19 bits per heavy atom. The first-order valence-corrected chi connectivity index (χ1v) is 8.98. The first kappa shape index (κ1) is 14.9. The van der Waals surface area contributed by atoms with Gasteiger partial charge in [0, 0.05) is 24.7 Å². The van der Waals surface area contributed by atoms with Crippen molar-refractivity contribution in [2.75, 3.05) is 6.54 Å². The zero-order chi connectivity index (χ0) is 15.0. The van der Waals surface area contributed by atoms with Crippen LogP contribution < -0.4 is 5.32 Å². The number of fused-ring (bicyclic) bond motifs is 2. The predicted molar refractivity (Wildman–Crippen MR) is 78.9 cm³/mol. The monoisotopic (exact) mass is 312 g/mol. The third kappa shape index (κ3) is 2.84. The van der Waals surface area contributed by atoms with Gasteiger partial charge in [0.1, 0.15) is 5.82 Å². The Balaban J connectivity index is 1.86. The summed E-state index contributed by atoms with van der Waals surface area (Å²) in [7, 11) is -3.55. The summed E-state index contributed by atoms with van der Waals surface area (Å²) in [5, 5.41) is 3.53. The van der Waals surface area contributed by atoms with E-state index in [4.69, 9.17) is 0 Å². The number of hydrogen-bond donors (Lipinski definition) is 1. The van der Waals surface area contributed by atoms with E-state index in [0.717, 1.165) is 25.7 Å². The number of rotatable bonds is 4. The van der Waals surface area contributed by atoms with Crippen molar-refractivity contribution in [3.05, 3.63) is 30.1 Å². The van der Waals surface area contributed by atoms with Crippen molar-refractivity contribution in [2.45, 2.75) is 55.6 Å². The van der Waals surface area contributed by atoms with Crippen LogP contribution in [0, 0.1) is 5.82 Å². The average Bonchev–Trinajstić information content (AvgIpc) is 2.79. The fraction of sp³-hybridized carbons (Fsp3) is 0.600. The molecule has 0 spiro atoms. The van der Waals surface area contributed by atoms with Crippen LogP contribution in [0.15, 0.2) is 29.2 Å². The molecule has 2 unspecified atom stereocenters. The number of nitrogens with zero attached hydrogens (tertiary/aromatic N) is 1. The number of halogens is 1. The third-order valence-electron chi connectivity index (χ3n) is 4.59. The molecule has 0 aliphatic carbocycles. The van der Waals surface area contributed by atoms with E-state index in [9.17, 15) is 12.8 Å². The highest BCUT2D eigenvalue weighted by molar-refractivity contribution is 7.89. The molecule has 0 saturated carbocycles. The fourth-order valence-corrected chi connectivity index (χ4v) is 5.28. The van der Waals surface area contributed by atoms with Gasteiger partial charge in [0.15, 0.2) is 0 Å². The first-order valence-electron chi connectivity index (χ1n) is 7.54. The fourth-order valence-electron chi connectivity index (χ4n) is 3.63. The molecule has 4 nitrogen and oxygen atoms in total. The molecule has 3 rings (SSSR count). The smallest absolute Gasteiger partial charge is 0.243 e. The topological polar surface area (TPSA) is 49.4 Å². The van der Waals surface area contributed by atoms with Gasteiger partial charge in [-0.2, -0.15) is 4.31 Å². The molecule has 2 atom stereocenters. The van der Waals surface area contributed by atoms with Crippen LogP contribution in [-0.4, -0.2) is 37.4 Å². The van der Waals surface area contributed by atoms with Gasteiger partial charge in [0.05, 0.1) is 4.90 Å². The summed E-state index contributed by atoms with van der Waals surface area (Å²) in [6.07, 6.45) is 4.00. The van der Waals surface area contributed by atoms with E-state index >= 15 is 0 Å². The van der Waals surface area contributed by atoms with Crippen molar-refractivity contribution >= 4 is 10.0 Å². The molecule has 1 N–H and O–H groups in total. The number of benzene rings is 1. The lowest BCUT2D eigenvalue weighted by Gasteiger charge is -2.36. The van der Waals surface area contributed by atoms with Gasteiger partial charge in [-0.3, -0.25) is 0 Å². The van der Waals surface area contributed by atoms with Gasteiger partial charge in [-0.25, -0.2) is 12.8 Å². The number of nitrogens with one attached hydrogen (secondary N) is 1.